The van der Waals surface area contributed by atoms with Gasteiger partial charge >= 0.3 is 6.03 Å². The zero-order valence-electron chi connectivity index (χ0n) is 16.3. The highest BCUT2D eigenvalue weighted by Gasteiger charge is 2.42. The van der Waals surface area contributed by atoms with Gasteiger partial charge in [-0.2, -0.15) is 4.31 Å². The van der Waals surface area contributed by atoms with Crippen molar-refractivity contribution in [1.29, 1.82) is 0 Å². The Morgan fingerprint density at radius 1 is 0.967 bits per heavy atom. The SMILES string of the molecule is Cc1ccc(N2C(=O)N(Cc3c(F)cccc3Cl)c3ccccc3S2(=O)=O)cc1C. The lowest BCUT2D eigenvalue weighted by atomic mass is 10.1. The topological polar surface area (TPSA) is 57.7 Å². The molecule has 1 heterocycles. The average molecular weight is 445 g/mol. The number of anilines is 2. The van der Waals surface area contributed by atoms with Crippen LogP contribution in [0.25, 0.3) is 0 Å². The van der Waals surface area contributed by atoms with Crippen LogP contribution in [-0.2, 0) is 16.6 Å². The Hall–Kier alpha value is -2.90. The minimum absolute atomic E-state index is 0.0321. The number of aryl methyl sites for hydroxylation is 2. The number of nitrogens with zero attached hydrogens (tertiary/aromatic N) is 2. The molecule has 154 valence electrons. The second-order valence-corrected chi connectivity index (χ2v) is 9.24. The summed E-state index contributed by atoms with van der Waals surface area (Å²) in [5.74, 6) is -0.570. The summed E-state index contributed by atoms with van der Waals surface area (Å²) in [6, 6.07) is 14.6. The lowest BCUT2D eigenvalue weighted by Gasteiger charge is -2.36. The van der Waals surface area contributed by atoms with Gasteiger partial charge in [0.25, 0.3) is 10.0 Å². The van der Waals surface area contributed by atoms with Gasteiger partial charge in [0.2, 0.25) is 0 Å². The summed E-state index contributed by atoms with van der Waals surface area (Å²) in [5.41, 5.74) is 2.33. The van der Waals surface area contributed by atoms with E-state index in [1.807, 2.05) is 13.8 Å². The number of carbonyl (C=O) groups is 1. The van der Waals surface area contributed by atoms with Crippen molar-refractivity contribution in [3.8, 4) is 0 Å². The number of urea groups is 1. The third-order valence-electron chi connectivity index (χ3n) is 5.18. The third-order valence-corrected chi connectivity index (χ3v) is 7.28. The van der Waals surface area contributed by atoms with E-state index in [2.05, 4.69) is 0 Å². The first-order chi connectivity index (χ1) is 14.2. The molecule has 1 aliphatic heterocycles. The highest BCUT2D eigenvalue weighted by molar-refractivity contribution is 7.94. The van der Waals surface area contributed by atoms with Crippen LogP contribution < -0.4 is 9.21 Å². The van der Waals surface area contributed by atoms with Gasteiger partial charge in [-0.15, -0.1) is 0 Å². The minimum Gasteiger partial charge on any atom is -0.287 e. The van der Waals surface area contributed by atoms with Crippen LogP contribution in [0.5, 0.6) is 0 Å². The summed E-state index contributed by atoms with van der Waals surface area (Å²) in [4.78, 5) is 14.6. The lowest BCUT2D eigenvalue weighted by molar-refractivity contribution is 0.253. The van der Waals surface area contributed by atoms with Gasteiger partial charge in [0, 0.05) is 10.6 Å². The quantitative estimate of drug-likeness (QED) is 0.541. The number of halogens is 2. The van der Waals surface area contributed by atoms with Crippen LogP contribution in [0.2, 0.25) is 5.02 Å². The highest BCUT2D eigenvalue weighted by atomic mass is 35.5. The number of hydrogen-bond donors (Lipinski definition) is 0. The molecular formula is C22H18ClFN2O3S. The molecule has 30 heavy (non-hydrogen) atoms. The van der Waals surface area contributed by atoms with Gasteiger partial charge in [-0.1, -0.05) is 35.9 Å². The zero-order chi connectivity index (χ0) is 21.6. The van der Waals surface area contributed by atoms with Crippen molar-refractivity contribution in [3.63, 3.8) is 0 Å². The van der Waals surface area contributed by atoms with Crippen molar-refractivity contribution in [2.75, 3.05) is 9.21 Å². The number of hydrogen-bond acceptors (Lipinski definition) is 3. The largest absolute Gasteiger partial charge is 0.343 e. The van der Waals surface area contributed by atoms with E-state index in [9.17, 15) is 17.6 Å². The van der Waals surface area contributed by atoms with Crippen molar-refractivity contribution in [3.05, 3.63) is 88.2 Å². The fourth-order valence-electron chi connectivity index (χ4n) is 3.41. The van der Waals surface area contributed by atoms with Crippen LogP contribution in [0.3, 0.4) is 0 Å². The van der Waals surface area contributed by atoms with Gasteiger partial charge in [0.05, 0.1) is 17.9 Å². The summed E-state index contributed by atoms with van der Waals surface area (Å²) in [7, 11) is -4.14. The van der Waals surface area contributed by atoms with Crippen LogP contribution in [-0.4, -0.2) is 14.4 Å². The molecule has 8 heteroatoms. The Bertz CT molecular complexity index is 1260. The predicted molar refractivity (Wildman–Crippen MR) is 115 cm³/mol. The van der Waals surface area contributed by atoms with Gasteiger partial charge < -0.3 is 0 Å². The Morgan fingerprint density at radius 3 is 2.40 bits per heavy atom. The molecular weight excluding hydrogens is 427 g/mol. The van der Waals surface area contributed by atoms with E-state index in [0.29, 0.717) is 0 Å². The van der Waals surface area contributed by atoms with Crippen LogP contribution in [0.4, 0.5) is 20.6 Å². The minimum atomic E-state index is -4.14. The zero-order valence-corrected chi connectivity index (χ0v) is 17.8. The summed E-state index contributed by atoms with van der Waals surface area (Å²) in [6.07, 6.45) is 0. The van der Waals surface area contributed by atoms with Crippen LogP contribution in [0, 0.1) is 19.7 Å². The van der Waals surface area contributed by atoms with Crippen molar-refractivity contribution >= 4 is 39.0 Å². The maximum Gasteiger partial charge on any atom is 0.343 e. The normalized spacial score (nSPS) is 15.3. The highest BCUT2D eigenvalue weighted by Crippen LogP contribution is 2.39. The standard InChI is InChI=1S/C22H18ClFN2O3S/c1-14-10-11-16(12-15(14)2)26-22(27)25(13-17-18(23)6-5-7-19(17)24)20-8-3-4-9-21(20)30(26,28)29/h3-12H,13H2,1-2H3. The first-order valence-electron chi connectivity index (χ1n) is 9.18. The molecule has 0 unspecified atom stereocenters. The lowest BCUT2D eigenvalue weighted by Crippen LogP contribution is -2.50. The van der Waals surface area contributed by atoms with E-state index >= 15 is 0 Å². The molecule has 0 aromatic heterocycles. The molecule has 1 aliphatic rings. The molecule has 2 amide bonds. The summed E-state index contributed by atoms with van der Waals surface area (Å²) in [5, 5.41) is 0.159. The van der Waals surface area contributed by atoms with Crippen molar-refractivity contribution < 1.29 is 17.6 Å². The Balaban J connectivity index is 1.90. The molecule has 0 spiro atoms. The summed E-state index contributed by atoms with van der Waals surface area (Å²) in [6.45, 7) is 3.52. The maximum atomic E-state index is 14.4. The number of benzene rings is 3. The molecule has 5 nitrogen and oxygen atoms in total. The van der Waals surface area contributed by atoms with Gasteiger partial charge in [0.15, 0.2) is 0 Å². The van der Waals surface area contributed by atoms with Gasteiger partial charge in [-0.25, -0.2) is 17.6 Å². The summed E-state index contributed by atoms with van der Waals surface area (Å²) >= 11 is 6.16. The number of rotatable bonds is 3. The van der Waals surface area contributed by atoms with Crippen LogP contribution in [0.1, 0.15) is 16.7 Å². The van der Waals surface area contributed by atoms with Gasteiger partial charge in [0.1, 0.15) is 10.7 Å². The molecule has 0 fully saturated rings. The fraction of sp³-hybridized carbons (Fsp3) is 0.136. The molecule has 3 aromatic carbocycles. The van der Waals surface area contributed by atoms with E-state index in [0.717, 1.165) is 15.4 Å². The average Bonchev–Trinajstić information content (AvgIpc) is 2.70. The van der Waals surface area contributed by atoms with Crippen LogP contribution >= 0.6 is 11.6 Å². The van der Waals surface area contributed by atoms with E-state index < -0.39 is 21.9 Å². The molecule has 0 saturated carbocycles. The Kier molecular flexibility index (Phi) is 5.03. The van der Waals surface area contributed by atoms with Gasteiger partial charge in [-0.05, 0) is 61.4 Å². The molecule has 0 N–H and O–H groups in total. The second kappa shape index (κ2) is 7.41. The number of para-hydroxylation sites is 1. The van der Waals surface area contributed by atoms with E-state index in [1.54, 1.807) is 30.3 Å². The first kappa shape index (κ1) is 20.4. The molecule has 0 bridgehead atoms. The van der Waals surface area contributed by atoms with E-state index in [1.165, 1.54) is 35.2 Å². The van der Waals surface area contributed by atoms with E-state index in [-0.39, 0.29) is 33.4 Å². The molecule has 4 rings (SSSR count). The van der Waals surface area contributed by atoms with Crippen molar-refractivity contribution in [2.24, 2.45) is 0 Å². The fourth-order valence-corrected chi connectivity index (χ4v) is 5.22. The molecule has 0 radical (unpaired) electrons. The number of sulfonamides is 1. The number of fused-ring (bicyclic) bond motifs is 1. The Morgan fingerprint density at radius 2 is 1.70 bits per heavy atom. The van der Waals surface area contributed by atoms with E-state index in [4.69, 9.17) is 11.6 Å². The number of amides is 2. The maximum absolute atomic E-state index is 14.4. The summed E-state index contributed by atoms with van der Waals surface area (Å²) < 4.78 is 41.8. The predicted octanol–water partition coefficient (Wildman–Crippen LogP) is 5.43. The van der Waals surface area contributed by atoms with Gasteiger partial charge in [-0.3, -0.25) is 4.90 Å². The first-order valence-corrected chi connectivity index (χ1v) is 11.0. The molecule has 0 saturated heterocycles. The van der Waals surface area contributed by atoms with Crippen molar-refractivity contribution in [2.45, 2.75) is 25.3 Å². The third kappa shape index (κ3) is 3.24. The molecule has 3 aromatic rings. The monoisotopic (exact) mass is 444 g/mol. The Labute approximate surface area is 179 Å². The second-order valence-electron chi connectivity index (χ2n) is 7.07. The molecule has 0 aliphatic carbocycles. The smallest absolute Gasteiger partial charge is 0.287 e. The molecule has 0 atom stereocenters. The van der Waals surface area contributed by atoms with Crippen molar-refractivity contribution in [1.82, 2.24) is 0 Å². The van der Waals surface area contributed by atoms with Crippen LogP contribution in [0.15, 0.2) is 65.6 Å². The number of carbonyl (C=O) groups excluding carboxylic acids is 1.